The molecule has 0 aromatic heterocycles. The molecule has 1 aromatic rings. The van der Waals surface area contributed by atoms with Gasteiger partial charge < -0.3 is 5.73 Å². The molecule has 6 heteroatoms. The Labute approximate surface area is 126 Å². The third-order valence-electron chi connectivity index (χ3n) is 4.20. The average Bonchev–Trinajstić information content (AvgIpc) is 2.46. The summed E-state index contributed by atoms with van der Waals surface area (Å²) in [6.45, 7) is 4.60. The van der Waals surface area contributed by atoms with E-state index in [0.29, 0.717) is 24.2 Å². The largest absolute Gasteiger partial charge is 0.329 e. The number of aryl methyl sites for hydroxylation is 1. The summed E-state index contributed by atoms with van der Waals surface area (Å²) in [6.07, 6.45) is 1.85. The maximum atomic E-state index is 12.9. The minimum absolute atomic E-state index is 0.154. The zero-order valence-electron chi connectivity index (χ0n) is 12.4. The zero-order chi connectivity index (χ0) is 15.6. The summed E-state index contributed by atoms with van der Waals surface area (Å²) in [4.78, 5) is 0.272. The van der Waals surface area contributed by atoms with Gasteiger partial charge in [-0.15, -0.1) is 0 Å². The molecule has 2 rings (SSSR count). The van der Waals surface area contributed by atoms with E-state index in [1.807, 2.05) is 13.0 Å². The van der Waals surface area contributed by atoms with Gasteiger partial charge in [0.1, 0.15) is 0 Å². The number of nitriles is 1. The van der Waals surface area contributed by atoms with Crippen molar-refractivity contribution in [3.05, 3.63) is 29.3 Å². The van der Waals surface area contributed by atoms with Gasteiger partial charge in [-0.1, -0.05) is 6.92 Å². The van der Waals surface area contributed by atoms with E-state index in [4.69, 9.17) is 11.0 Å². The van der Waals surface area contributed by atoms with Crippen LogP contribution in [-0.2, 0) is 10.0 Å². The first-order valence-corrected chi connectivity index (χ1v) is 8.58. The molecular formula is C15H21N3O2S. The predicted octanol–water partition coefficient (Wildman–Crippen LogP) is 1.61. The molecule has 2 unspecified atom stereocenters. The van der Waals surface area contributed by atoms with E-state index >= 15 is 0 Å². The number of sulfonamides is 1. The molecule has 1 aliphatic heterocycles. The summed E-state index contributed by atoms with van der Waals surface area (Å²) < 4.78 is 27.4. The average molecular weight is 307 g/mol. The number of piperidine rings is 1. The fourth-order valence-electron chi connectivity index (χ4n) is 2.99. The van der Waals surface area contributed by atoms with Crippen LogP contribution >= 0.6 is 0 Å². The highest BCUT2D eigenvalue weighted by Gasteiger charge is 2.36. The van der Waals surface area contributed by atoms with Crippen molar-refractivity contribution < 1.29 is 8.42 Å². The van der Waals surface area contributed by atoms with Gasteiger partial charge in [0.15, 0.2) is 0 Å². The first-order chi connectivity index (χ1) is 9.91. The molecule has 21 heavy (non-hydrogen) atoms. The van der Waals surface area contributed by atoms with Crippen molar-refractivity contribution in [1.29, 1.82) is 5.26 Å². The summed E-state index contributed by atoms with van der Waals surface area (Å²) in [7, 11) is -3.57. The standard InChI is InChI=1S/C15H21N3O2S/c1-11-4-3-7-18(14(11)10-17)21(19,20)15-6-5-13(9-16)8-12(15)2/h5-6,8,11,14H,3-4,7,10,17H2,1-2H3. The third kappa shape index (κ3) is 2.95. The van der Waals surface area contributed by atoms with E-state index < -0.39 is 10.0 Å². The summed E-state index contributed by atoms with van der Waals surface area (Å²) >= 11 is 0. The van der Waals surface area contributed by atoms with Crippen LogP contribution in [0.25, 0.3) is 0 Å². The van der Waals surface area contributed by atoms with Crippen molar-refractivity contribution in [2.75, 3.05) is 13.1 Å². The van der Waals surface area contributed by atoms with Crippen molar-refractivity contribution in [1.82, 2.24) is 4.31 Å². The third-order valence-corrected chi connectivity index (χ3v) is 6.28. The van der Waals surface area contributed by atoms with Crippen LogP contribution in [0, 0.1) is 24.2 Å². The molecule has 1 aromatic carbocycles. The van der Waals surface area contributed by atoms with Gasteiger partial charge in [0.2, 0.25) is 10.0 Å². The van der Waals surface area contributed by atoms with Crippen molar-refractivity contribution in [2.45, 2.75) is 37.6 Å². The van der Waals surface area contributed by atoms with Crippen LogP contribution in [0.4, 0.5) is 0 Å². The number of hydrogen-bond donors (Lipinski definition) is 1. The fraction of sp³-hybridized carbons (Fsp3) is 0.533. The SMILES string of the molecule is Cc1cc(C#N)ccc1S(=O)(=O)N1CCCC(C)C1CN. The summed E-state index contributed by atoms with van der Waals surface area (Å²) in [5.74, 6) is 0.261. The van der Waals surface area contributed by atoms with Gasteiger partial charge in [0, 0.05) is 19.1 Å². The molecule has 0 amide bonds. The lowest BCUT2D eigenvalue weighted by molar-refractivity contribution is 0.192. The van der Waals surface area contributed by atoms with E-state index in [0.717, 1.165) is 12.8 Å². The highest BCUT2D eigenvalue weighted by atomic mass is 32.2. The second-order valence-corrected chi connectivity index (χ2v) is 7.49. The first-order valence-electron chi connectivity index (χ1n) is 7.14. The number of nitrogens with zero attached hydrogens (tertiary/aromatic N) is 2. The number of benzene rings is 1. The monoisotopic (exact) mass is 307 g/mol. The molecule has 1 fully saturated rings. The topological polar surface area (TPSA) is 87.2 Å². The van der Waals surface area contributed by atoms with Crippen LogP contribution < -0.4 is 5.73 Å². The van der Waals surface area contributed by atoms with E-state index in [-0.39, 0.29) is 16.9 Å². The van der Waals surface area contributed by atoms with Gasteiger partial charge in [-0.25, -0.2) is 8.42 Å². The molecule has 0 spiro atoms. The van der Waals surface area contributed by atoms with Crippen molar-refractivity contribution in [3.8, 4) is 6.07 Å². The molecule has 5 nitrogen and oxygen atoms in total. The molecule has 2 atom stereocenters. The summed E-state index contributed by atoms with van der Waals surface area (Å²) in [5.41, 5.74) is 6.86. The van der Waals surface area contributed by atoms with E-state index in [1.54, 1.807) is 19.1 Å². The smallest absolute Gasteiger partial charge is 0.243 e. The van der Waals surface area contributed by atoms with Crippen LogP contribution in [0.15, 0.2) is 23.1 Å². The molecule has 0 saturated carbocycles. The Hall–Kier alpha value is -1.42. The van der Waals surface area contributed by atoms with Crippen LogP contribution in [0.1, 0.15) is 30.9 Å². The van der Waals surface area contributed by atoms with Crippen LogP contribution in [0.5, 0.6) is 0 Å². The molecule has 1 heterocycles. The molecule has 114 valence electrons. The van der Waals surface area contributed by atoms with Crippen molar-refractivity contribution in [2.24, 2.45) is 11.7 Å². The van der Waals surface area contributed by atoms with Crippen molar-refractivity contribution >= 4 is 10.0 Å². The molecule has 2 N–H and O–H groups in total. The van der Waals surface area contributed by atoms with Gasteiger partial charge in [0.25, 0.3) is 0 Å². The van der Waals surface area contributed by atoms with Gasteiger partial charge in [-0.05, 0) is 49.4 Å². The Kier molecular flexibility index (Phi) is 4.67. The van der Waals surface area contributed by atoms with E-state index in [1.165, 1.54) is 10.4 Å². The number of rotatable bonds is 3. The maximum Gasteiger partial charge on any atom is 0.243 e. The Morgan fingerprint density at radius 3 is 2.76 bits per heavy atom. The van der Waals surface area contributed by atoms with Crippen LogP contribution in [-0.4, -0.2) is 31.9 Å². The zero-order valence-corrected chi connectivity index (χ0v) is 13.2. The minimum atomic E-state index is -3.57. The lowest BCUT2D eigenvalue weighted by Gasteiger charge is -2.38. The maximum absolute atomic E-state index is 12.9. The van der Waals surface area contributed by atoms with Gasteiger partial charge in [-0.3, -0.25) is 0 Å². The Morgan fingerprint density at radius 1 is 1.48 bits per heavy atom. The van der Waals surface area contributed by atoms with Crippen molar-refractivity contribution in [3.63, 3.8) is 0 Å². The lowest BCUT2D eigenvalue weighted by atomic mass is 9.93. The molecular weight excluding hydrogens is 286 g/mol. The second kappa shape index (κ2) is 6.14. The predicted molar refractivity (Wildman–Crippen MR) is 81.0 cm³/mol. The lowest BCUT2D eigenvalue weighted by Crippen LogP contribution is -2.51. The van der Waals surface area contributed by atoms with E-state index in [2.05, 4.69) is 0 Å². The van der Waals surface area contributed by atoms with Crippen LogP contribution in [0.3, 0.4) is 0 Å². The number of hydrogen-bond acceptors (Lipinski definition) is 4. The fourth-order valence-corrected chi connectivity index (χ4v) is 4.97. The van der Waals surface area contributed by atoms with Gasteiger partial charge in [0.05, 0.1) is 16.5 Å². The first kappa shape index (κ1) is 16.0. The highest BCUT2D eigenvalue weighted by molar-refractivity contribution is 7.89. The highest BCUT2D eigenvalue weighted by Crippen LogP contribution is 2.30. The van der Waals surface area contributed by atoms with Gasteiger partial charge >= 0.3 is 0 Å². The molecule has 0 radical (unpaired) electrons. The molecule has 1 aliphatic rings. The Morgan fingerprint density at radius 2 is 2.19 bits per heavy atom. The molecule has 1 saturated heterocycles. The second-order valence-electron chi connectivity index (χ2n) is 5.63. The quantitative estimate of drug-likeness (QED) is 0.919. The number of nitrogens with two attached hydrogens (primary N) is 1. The Bertz CT molecular complexity index is 664. The Balaban J connectivity index is 2.44. The summed E-state index contributed by atoms with van der Waals surface area (Å²) in [5, 5.41) is 8.89. The van der Waals surface area contributed by atoms with Crippen LogP contribution in [0.2, 0.25) is 0 Å². The minimum Gasteiger partial charge on any atom is -0.329 e. The normalized spacial score (nSPS) is 23.7. The van der Waals surface area contributed by atoms with E-state index in [9.17, 15) is 8.42 Å². The molecule has 0 aliphatic carbocycles. The van der Waals surface area contributed by atoms with Gasteiger partial charge in [-0.2, -0.15) is 9.57 Å². The summed E-state index contributed by atoms with van der Waals surface area (Å²) in [6, 6.07) is 6.55. The molecule has 0 bridgehead atoms.